The Labute approximate surface area is 154 Å². The lowest BCUT2D eigenvalue weighted by molar-refractivity contribution is -0.0823. The van der Waals surface area contributed by atoms with E-state index < -0.39 is 0 Å². The number of guanidine groups is 1. The summed E-state index contributed by atoms with van der Waals surface area (Å²) in [6.45, 7) is 14.3. The van der Waals surface area contributed by atoms with Crippen molar-refractivity contribution in [3.63, 3.8) is 0 Å². The molecule has 1 rings (SSSR count). The van der Waals surface area contributed by atoms with Crippen LogP contribution in [0.25, 0.3) is 0 Å². The highest BCUT2D eigenvalue weighted by Crippen LogP contribution is 2.34. The van der Waals surface area contributed by atoms with Gasteiger partial charge in [-0.25, -0.2) is 0 Å². The molecule has 6 heteroatoms. The molecule has 1 aliphatic rings. The van der Waals surface area contributed by atoms with Crippen molar-refractivity contribution in [2.75, 3.05) is 53.2 Å². The molecule has 0 aromatic rings. The maximum absolute atomic E-state index is 6.06. The fourth-order valence-electron chi connectivity index (χ4n) is 3.16. The Morgan fingerprint density at radius 1 is 1.20 bits per heavy atom. The smallest absolute Gasteiger partial charge is 0.191 e. The van der Waals surface area contributed by atoms with E-state index in [4.69, 9.17) is 19.2 Å². The van der Waals surface area contributed by atoms with Gasteiger partial charge >= 0.3 is 0 Å². The summed E-state index contributed by atoms with van der Waals surface area (Å²) in [6, 6.07) is 0. The highest BCUT2D eigenvalue weighted by atomic mass is 16.5. The third-order valence-corrected chi connectivity index (χ3v) is 4.32. The summed E-state index contributed by atoms with van der Waals surface area (Å²) >= 11 is 0. The van der Waals surface area contributed by atoms with Crippen molar-refractivity contribution in [3.05, 3.63) is 0 Å². The van der Waals surface area contributed by atoms with Gasteiger partial charge < -0.3 is 24.8 Å². The average Bonchev–Trinajstić information content (AvgIpc) is 2.58. The first-order valence-corrected chi connectivity index (χ1v) is 9.69. The molecule has 1 heterocycles. The van der Waals surface area contributed by atoms with E-state index in [-0.39, 0.29) is 11.5 Å². The fraction of sp³-hybridized carbons (Fsp3) is 0.947. The third-order valence-electron chi connectivity index (χ3n) is 4.32. The van der Waals surface area contributed by atoms with Crippen LogP contribution in [-0.2, 0) is 14.2 Å². The van der Waals surface area contributed by atoms with Crippen molar-refractivity contribution in [2.24, 2.45) is 16.3 Å². The van der Waals surface area contributed by atoms with Gasteiger partial charge in [-0.2, -0.15) is 0 Å². The van der Waals surface area contributed by atoms with Gasteiger partial charge in [-0.15, -0.1) is 0 Å². The largest absolute Gasteiger partial charge is 0.382 e. The lowest BCUT2D eigenvalue weighted by Crippen LogP contribution is -2.43. The van der Waals surface area contributed by atoms with Crippen molar-refractivity contribution in [1.82, 2.24) is 10.6 Å². The number of aliphatic imine (C=N–C) groups is 1. The van der Waals surface area contributed by atoms with Crippen LogP contribution in [0.15, 0.2) is 4.99 Å². The maximum Gasteiger partial charge on any atom is 0.191 e. The van der Waals surface area contributed by atoms with Crippen LogP contribution < -0.4 is 10.6 Å². The summed E-state index contributed by atoms with van der Waals surface area (Å²) in [5.41, 5.74) is 0.159. The topological polar surface area (TPSA) is 64.1 Å². The van der Waals surface area contributed by atoms with E-state index in [1.54, 1.807) is 7.11 Å². The van der Waals surface area contributed by atoms with Crippen LogP contribution in [0, 0.1) is 11.3 Å². The normalized spacial score (nSPS) is 22.0. The van der Waals surface area contributed by atoms with Crippen LogP contribution in [0.4, 0.5) is 0 Å². The number of ether oxygens (including phenoxy) is 3. The second kappa shape index (κ2) is 12.5. The summed E-state index contributed by atoms with van der Waals surface area (Å²) in [7, 11) is 1.69. The van der Waals surface area contributed by atoms with Gasteiger partial charge in [0.05, 0.1) is 19.3 Å². The molecule has 0 aliphatic carbocycles. The predicted octanol–water partition coefficient (Wildman–Crippen LogP) is 2.44. The molecule has 1 saturated heterocycles. The highest BCUT2D eigenvalue weighted by molar-refractivity contribution is 5.79. The Hall–Kier alpha value is -0.850. The third kappa shape index (κ3) is 9.42. The van der Waals surface area contributed by atoms with Gasteiger partial charge in [0.15, 0.2) is 5.96 Å². The molecule has 148 valence electrons. The molecule has 1 aliphatic heterocycles. The van der Waals surface area contributed by atoms with E-state index in [9.17, 15) is 0 Å². The zero-order valence-electron chi connectivity index (χ0n) is 16.9. The molecule has 0 bridgehead atoms. The van der Waals surface area contributed by atoms with Crippen LogP contribution in [0.3, 0.4) is 0 Å². The van der Waals surface area contributed by atoms with Crippen LogP contribution >= 0.6 is 0 Å². The van der Waals surface area contributed by atoms with Crippen molar-refractivity contribution in [3.8, 4) is 0 Å². The first kappa shape index (κ1) is 22.2. The SMILES string of the molecule is CCNC(=NCC1CCCOC1C(C)(C)C)NCCCOCCOC. The van der Waals surface area contributed by atoms with Crippen LogP contribution in [-0.4, -0.2) is 65.2 Å². The van der Waals surface area contributed by atoms with Gasteiger partial charge in [0, 0.05) is 45.9 Å². The van der Waals surface area contributed by atoms with Gasteiger partial charge in [0.2, 0.25) is 0 Å². The quantitative estimate of drug-likeness (QED) is 0.357. The minimum absolute atomic E-state index is 0.159. The van der Waals surface area contributed by atoms with Crippen LogP contribution in [0.1, 0.15) is 47.0 Å². The maximum atomic E-state index is 6.06. The lowest BCUT2D eigenvalue weighted by Gasteiger charge is -2.39. The molecule has 0 spiro atoms. The Bertz CT molecular complexity index is 369. The van der Waals surface area contributed by atoms with E-state index in [0.717, 1.165) is 51.6 Å². The Kier molecular flexibility index (Phi) is 11.1. The summed E-state index contributed by atoms with van der Waals surface area (Å²) < 4.78 is 16.5. The van der Waals surface area contributed by atoms with Crippen molar-refractivity contribution < 1.29 is 14.2 Å². The Morgan fingerprint density at radius 3 is 2.68 bits per heavy atom. The molecule has 0 aromatic carbocycles. The van der Waals surface area contributed by atoms with Gasteiger partial charge in [0.1, 0.15) is 0 Å². The molecule has 0 aromatic heterocycles. The van der Waals surface area contributed by atoms with Gasteiger partial charge in [-0.1, -0.05) is 20.8 Å². The summed E-state index contributed by atoms with van der Waals surface area (Å²) in [4.78, 5) is 4.80. The highest BCUT2D eigenvalue weighted by Gasteiger charge is 2.35. The van der Waals surface area contributed by atoms with E-state index in [1.807, 2.05) is 0 Å². The minimum atomic E-state index is 0.159. The monoisotopic (exact) mass is 357 g/mol. The van der Waals surface area contributed by atoms with Crippen molar-refractivity contribution >= 4 is 5.96 Å². The number of nitrogens with one attached hydrogen (secondary N) is 2. The van der Waals surface area contributed by atoms with E-state index in [0.29, 0.717) is 19.1 Å². The van der Waals surface area contributed by atoms with Gasteiger partial charge in [-0.05, 0) is 31.6 Å². The minimum Gasteiger partial charge on any atom is -0.382 e. The number of nitrogens with zero attached hydrogens (tertiary/aromatic N) is 1. The van der Waals surface area contributed by atoms with E-state index >= 15 is 0 Å². The molecule has 2 atom stereocenters. The first-order valence-electron chi connectivity index (χ1n) is 9.69. The fourth-order valence-corrected chi connectivity index (χ4v) is 3.16. The summed E-state index contributed by atoms with van der Waals surface area (Å²) in [5.74, 6) is 1.37. The van der Waals surface area contributed by atoms with E-state index in [2.05, 4.69) is 38.3 Å². The van der Waals surface area contributed by atoms with Crippen LogP contribution in [0.2, 0.25) is 0 Å². The zero-order valence-corrected chi connectivity index (χ0v) is 16.9. The second-order valence-corrected chi connectivity index (χ2v) is 7.66. The van der Waals surface area contributed by atoms with E-state index in [1.165, 1.54) is 6.42 Å². The molecule has 1 fully saturated rings. The molecular weight excluding hydrogens is 318 g/mol. The standard InChI is InChI=1S/C19H39N3O3/c1-6-20-18(21-10-8-11-24-14-13-23-5)22-15-16-9-7-12-25-17(16)19(2,3)4/h16-17H,6-15H2,1-5H3,(H2,20,21,22). The number of methoxy groups -OCH3 is 1. The van der Waals surface area contributed by atoms with Crippen LogP contribution in [0.5, 0.6) is 0 Å². The number of rotatable bonds is 10. The molecule has 0 radical (unpaired) electrons. The summed E-state index contributed by atoms with van der Waals surface area (Å²) in [6.07, 6.45) is 3.56. The van der Waals surface area contributed by atoms with Crippen molar-refractivity contribution in [2.45, 2.75) is 53.1 Å². The average molecular weight is 358 g/mol. The van der Waals surface area contributed by atoms with Gasteiger partial charge in [0.25, 0.3) is 0 Å². The van der Waals surface area contributed by atoms with Crippen molar-refractivity contribution in [1.29, 1.82) is 0 Å². The molecule has 2 unspecified atom stereocenters. The molecular formula is C19H39N3O3. The predicted molar refractivity (Wildman–Crippen MR) is 103 cm³/mol. The molecule has 2 N–H and O–H groups in total. The molecule has 0 saturated carbocycles. The van der Waals surface area contributed by atoms with Gasteiger partial charge in [-0.3, -0.25) is 4.99 Å². The lowest BCUT2D eigenvalue weighted by atomic mass is 9.78. The molecule has 6 nitrogen and oxygen atoms in total. The zero-order chi connectivity index (χ0) is 18.5. The second-order valence-electron chi connectivity index (χ2n) is 7.66. The Balaban J connectivity index is 2.40. The number of hydrogen-bond acceptors (Lipinski definition) is 4. The Morgan fingerprint density at radius 2 is 2.00 bits per heavy atom. The number of hydrogen-bond donors (Lipinski definition) is 2. The molecule has 0 amide bonds. The first-order chi connectivity index (χ1) is 12.0. The summed E-state index contributed by atoms with van der Waals surface area (Å²) in [5, 5.41) is 6.72. The molecule has 25 heavy (non-hydrogen) atoms.